The molecule has 72 valence electrons. The van der Waals surface area contributed by atoms with Gasteiger partial charge in [0.05, 0.1) is 0 Å². The molecule has 1 aliphatic carbocycles. The van der Waals surface area contributed by atoms with Crippen LogP contribution in [0.3, 0.4) is 0 Å². The van der Waals surface area contributed by atoms with Crippen LogP contribution in [0.2, 0.25) is 0 Å². The van der Waals surface area contributed by atoms with Gasteiger partial charge in [0.25, 0.3) is 0 Å². The van der Waals surface area contributed by atoms with Gasteiger partial charge in [0.2, 0.25) is 0 Å². The average molecular weight is 169 g/mol. The van der Waals surface area contributed by atoms with Gasteiger partial charge in [-0.3, -0.25) is 0 Å². The molecule has 0 heterocycles. The Kier molecular flexibility index (Phi) is 4.07. The molecular formula is C11H23N. The zero-order chi connectivity index (χ0) is 8.97. The van der Waals surface area contributed by atoms with Crippen LogP contribution < -0.4 is 5.73 Å². The third-order valence-corrected chi connectivity index (χ3v) is 3.17. The van der Waals surface area contributed by atoms with Gasteiger partial charge in [0.15, 0.2) is 0 Å². The number of rotatable bonds is 3. The summed E-state index contributed by atoms with van der Waals surface area (Å²) in [6.07, 6.45) is 8.39. The molecule has 1 atom stereocenters. The Morgan fingerprint density at radius 2 is 1.83 bits per heavy atom. The number of hydrogen-bond acceptors (Lipinski definition) is 1. The van der Waals surface area contributed by atoms with Crippen LogP contribution in [-0.2, 0) is 0 Å². The van der Waals surface area contributed by atoms with Crippen LogP contribution >= 0.6 is 0 Å². The largest absolute Gasteiger partial charge is 0.328 e. The molecule has 0 aromatic carbocycles. The van der Waals surface area contributed by atoms with Crippen molar-refractivity contribution in [2.45, 2.75) is 58.4 Å². The van der Waals surface area contributed by atoms with Crippen LogP contribution in [0.15, 0.2) is 0 Å². The van der Waals surface area contributed by atoms with Crippen LogP contribution in [0.5, 0.6) is 0 Å². The minimum absolute atomic E-state index is 0.407. The molecule has 0 aromatic heterocycles. The van der Waals surface area contributed by atoms with E-state index in [0.717, 1.165) is 11.8 Å². The lowest BCUT2D eigenvalue weighted by atomic mass is 9.80. The molecule has 0 spiro atoms. The van der Waals surface area contributed by atoms with Crippen molar-refractivity contribution in [2.24, 2.45) is 17.6 Å². The fourth-order valence-corrected chi connectivity index (χ4v) is 2.12. The quantitative estimate of drug-likeness (QED) is 0.690. The minimum Gasteiger partial charge on any atom is -0.328 e. The van der Waals surface area contributed by atoms with E-state index in [9.17, 15) is 0 Å². The van der Waals surface area contributed by atoms with Crippen molar-refractivity contribution in [1.82, 2.24) is 0 Å². The fourth-order valence-electron chi connectivity index (χ4n) is 2.12. The van der Waals surface area contributed by atoms with Crippen molar-refractivity contribution in [3.05, 3.63) is 0 Å². The summed E-state index contributed by atoms with van der Waals surface area (Å²) in [5.74, 6) is 1.98. The van der Waals surface area contributed by atoms with Gasteiger partial charge in [-0.15, -0.1) is 0 Å². The first-order chi connectivity index (χ1) is 5.68. The third-order valence-electron chi connectivity index (χ3n) is 3.17. The van der Waals surface area contributed by atoms with Gasteiger partial charge < -0.3 is 5.73 Å². The molecule has 1 rings (SSSR count). The Morgan fingerprint density at radius 3 is 2.33 bits per heavy atom. The van der Waals surface area contributed by atoms with E-state index >= 15 is 0 Å². The summed E-state index contributed by atoms with van der Waals surface area (Å²) in [5.41, 5.74) is 5.74. The summed E-state index contributed by atoms with van der Waals surface area (Å²) in [6.45, 7) is 4.49. The summed E-state index contributed by atoms with van der Waals surface area (Å²) in [7, 11) is 0. The molecule has 0 aromatic rings. The van der Waals surface area contributed by atoms with E-state index in [-0.39, 0.29) is 0 Å². The summed E-state index contributed by atoms with van der Waals surface area (Å²) < 4.78 is 0. The lowest BCUT2D eigenvalue weighted by molar-refractivity contribution is 0.270. The lowest BCUT2D eigenvalue weighted by Crippen LogP contribution is -2.18. The topological polar surface area (TPSA) is 26.0 Å². The van der Waals surface area contributed by atoms with E-state index < -0.39 is 0 Å². The molecule has 0 saturated heterocycles. The number of hydrogen-bond donors (Lipinski definition) is 1. The first-order valence-electron chi connectivity index (χ1n) is 5.44. The van der Waals surface area contributed by atoms with Crippen molar-refractivity contribution in [3.63, 3.8) is 0 Å². The van der Waals surface area contributed by atoms with Gasteiger partial charge in [-0.25, -0.2) is 0 Å². The van der Waals surface area contributed by atoms with Crippen molar-refractivity contribution in [2.75, 3.05) is 0 Å². The van der Waals surface area contributed by atoms with E-state index in [1.165, 1.54) is 38.5 Å². The second-order valence-electron chi connectivity index (χ2n) is 4.68. The maximum atomic E-state index is 5.74. The monoisotopic (exact) mass is 169 g/mol. The number of nitrogens with two attached hydrogens (primary N) is 1. The standard InChI is InChI=1S/C11H23N/c1-9-3-6-11(7-4-9)8-5-10(2)12/h9-11H,3-8,12H2,1-2H3/t9?,10-,11?/m1/s1. The van der Waals surface area contributed by atoms with E-state index in [4.69, 9.17) is 5.73 Å². The molecule has 1 nitrogen and oxygen atoms in total. The van der Waals surface area contributed by atoms with Crippen molar-refractivity contribution in [3.8, 4) is 0 Å². The lowest BCUT2D eigenvalue weighted by Gasteiger charge is -2.26. The second kappa shape index (κ2) is 4.86. The Morgan fingerprint density at radius 1 is 1.25 bits per heavy atom. The second-order valence-corrected chi connectivity index (χ2v) is 4.68. The van der Waals surface area contributed by atoms with Crippen molar-refractivity contribution >= 4 is 0 Å². The highest BCUT2D eigenvalue weighted by atomic mass is 14.6. The SMILES string of the molecule is CC1CCC(CC[C@@H](C)N)CC1. The smallest absolute Gasteiger partial charge is 0.00105 e. The van der Waals surface area contributed by atoms with Crippen LogP contribution in [0.4, 0.5) is 0 Å². The van der Waals surface area contributed by atoms with Gasteiger partial charge in [-0.2, -0.15) is 0 Å². The zero-order valence-corrected chi connectivity index (χ0v) is 8.55. The Bertz CT molecular complexity index is 112. The van der Waals surface area contributed by atoms with Gasteiger partial charge in [0.1, 0.15) is 0 Å². The molecule has 1 heteroatoms. The fraction of sp³-hybridized carbons (Fsp3) is 1.00. The maximum Gasteiger partial charge on any atom is 0.00105 e. The molecule has 0 unspecified atom stereocenters. The molecule has 1 aliphatic rings. The third kappa shape index (κ3) is 3.57. The molecule has 0 radical (unpaired) electrons. The molecule has 0 aliphatic heterocycles. The first-order valence-corrected chi connectivity index (χ1v) is 5.44. The average Bonchev–Trinajstić information content (AvgIpc) is 2.03. The molecule has 1 saturated carbocycles. The highest BCUT2D eigenvalue weighted by molar-refractivity contribution is 4.71. The first kappa shape index (κ1) is 10.0. The van der Waals surface area contributed by atoms with Gasteiger partial charge >= 0.3 is 0 Å². The van der Waals surface area contributed by atoms with Crippen LogP contribution in [0.1, 0.15) is 52.4 Å². The molecular weight excluding hydrogens is 146 g/mol. The Balaban J connectivity index is 2.09. The van der Waals surface area contributed by atoms with Crippen LogP contribution in [-0.4, -0.2) is 6.04 Å². The predicted octanol–water partition coefficient (Wildman–Crippen LogP) is 2.94. The summed E-state index contributed by atoms with van der Waals surface area (Å²) in [6, 6.07) is 0.407. The predicted molar refractivity (Wildman–Crippen MR) is 54.0 cm³/mol. The Labute approximate surface area is 76.7 Å². The molecule has 0 amide bonds. The van der Waals surface area contributed by atoms with E-state index in [1.54, 1.807) is 0 Å². The summed E-state index contributed by atoms with van der Waals surface area (Å²) in [5, 5.41) is 0. The summed E-state index contributed by atoms with van der Waals surface area (Å²) in [4.78, 5) is 0. The summed E-state index contributed by atoms with van der Waals surface area (Å²) >= 11 is 0. The zero-order valence-electron chi connectivity index (χ0n) is 8.55. The van der Waals surface area contributed by atoms with Crippen molar-refractivity contribution in [1.29, 1.82) is 0 Å². The normalized spacial score (nSPS) is 33.2. The maximum absolute atomic E-state index is 5.74. The van der Waals surface area contributed by atoms with E-state index in [2.05, 4.69) is 13.8 Å². The highest BCUT2D eigenvalue weighted by Gasteiger charge is 2.17. The highest BCUT2D eigenvalue weighted by Crippen LogP contribution is 2.31. The minimum atomic E-state index is 0.407. The van der Waals surface area contributed by atoms with Crippen molar-refractivity contribution < 1.29 is 0 Å². The molecule has 12 heavy (non-hydrogen) atoms. The molecule has 0 bridgehead atoms. The van der Waals surface area contributed by atoms with Crippen LogP contribution in [0.25, 0.3) is 0 Å². The van der Waals surface area contributed by atoms with Gasteiger partial charge in [-0.1, -0.05) is 32.6 Å². The van der Waals surface area contributed by atoms with E-state index in [0.29, 0.717) is 6.04 Å². The van der Waals surface area contributed by atoms with Gasteiger partial charge in [-0.05, 0) is 31.6 Å². The van der Waals surface area contributed by atoms with Crippen LogP contribution in [0, 0.1) is 11.8 Å². The molecule has 2 N–H and O–H groups in total. The molecule has 1 fully saturated rings. The van der Waals surface area contributed by atoms with E-state index in [1.807, 2.05) is 0 Å². The Hall–Kier alpha value is -0.0400. The van der Waals surface area contributed by atoms with Gasteiger partial charge in [0, 0.05) is 6.04 Å².